The first-order valence-electron chi connectivity index (χ1n) is 7.54. The first-order chi connectivity index (χ1) is 9.30. The van der Waals surface area contributed by atoms with Crippen LogP contribution in [0.1, 0.15) is 26.7 Å². The lowest BCUT2D eigenvalue weighted by molar-refractivity contribution is 0.145. The lowest BCUT2D eigenvalue weighted by Gasteiger charge is -2.16. The molecule has 1 atom stereocenters. The van der Waals surface area contributed by atoms with Gasteiger partial charge in [0.2, 0.25) is 0 Å². The van der Waals surface area contributed by atoms with Crippen molar-refractivity contribution in [2.75, 3.05) is 53.0 Å². The molecule has 5 heteroatoms. The highest BCUT2D eigenvalue weighted by atomic mass is 16.5. The molecule has 1 unspecified atom stereocenters. The van der Waals surface area contributed by atoms with Crippen molar-refractivity contribution in [1.29, 1.82) is 0 Å². The van der Waals surface area contributed by atoms with E-state index in [2.05, 4.69) is 27.4 Å². The van der Waals surface area contributed by atoms with E-state index >= 15 is 0 Å². The molecule has 0 aromatic carbocycles. The van der Waals surface area contributed by atoms with E-state index in [1.54, 1.807) is 0 Å². The molecule has 0 aromatic rings. The molecule has 112 valence electrons. The van der Waals surface area contributed by atoms with Crippen LogP contribution in [0.15, 0.2) is 4.99 Å². The summed E-state index contributed by atoms with van der Waals surface area (Å²) in [4.78, 5) is 6.75. The molecular formula is C14H30N4O. The van der Waals surface area contributed by atoms with Crippen molar-refractivity contribution in [3.8, 4) is 0 Å². The summed E-state index contributed by atoms with van der Waals surface area (Å²) in [5, 5.41) is 6.74. The molecular weight excluding hydrogens is 240 g/mol. The van der Waals surface area contributed by atoms with Crippen LogP contribution in [-0.2, 0) is 4.74 Å². The Balaban J connectivity index is 2.09. The van der Waals surface area contributed by atoms with E-state index in [0.29, 0.717) is 0 Å². The molecule has 0 amide bonds. The number of nitrogens with one attached hydrogen (secondary N) is 2. The van der Waals surface area contributed by atoms with Gasteiger partial charge in [0.15, 0.2) is 5.96 Å². The Labute approximate surface area is 117 Å². The second-order valence-electron chi connectivity index (χ2n) is 4.98. The van der Waals surface area contributed by atoms with Crippen LogP contribution >= 0.6 is 0 Å². The molecule has 1 heterocycles. The molecule has 1 rings (SSSR count). The van der Waals surface area contributed by atoms with Crippen LogP contribution in [0.5, 0.6) is 0 Å². The second kappa shape index (κ2) is 10.0. The summed E-state index contributed by atoms with van der Waals surface area (Å²) in [6.07, 6.45) is 2.31. The average molecular weight is 270 g/mol. The van der Waals surface area contributed by atoms with Crippen molar-refractivity contribution in [3.05, 3.63) is 0 Å². The standard InChI is InChI=1S/C14H30N4O/c1-4-18-9-7-13(12-18)11-17-14(15-3)16-8-6-10-19-5-2/h13H,4-12H2,1-3H3,(H2,15,16,17). The zero-order valence-corrected chi connectivity index (χ0v) is 12.7. The topological polar surface area (TPSA) is 48.9 Å². The summed E-state index contributed by atoms with van der Waals surface area (Å²) in [6, 6.07) is 0. The molecule has 19 heavy (non-hydrogen) atoms. The normalized spacial score (nSPS) is 20.8. The van der Waals surface area contributed by atoms with E-state index in [0.717, 1.165) is 44.6 Å². The van der Waals surface area contributed by atoms with Crippen molar-refractivity contribution in [2.24, 2.45) is 10.9 Å². The molecule has 5 nitrogen and oxygen atoms in total. The monoisotopic (exact) mass is 270 g/mol. The molecule has 1 saturated heterocycles. The van der Waals surface area contributed by atoms with Crippen LogP contribution < -0.4 is 10.6 Å². The van der Waals surface area contributed by atoms with Crippen LogP contribution in [0.4, 0.5) is 0 Å². The van der Waals surface area contributed by atoms with Crippen LogP contribution in [0.3, 0.4) is 0 Å². The van der Waals surface area contributed by atoms with Gasteiger partial charge in [-0.15, -0.1) is 0 Å². The lowest BCUT2D eigenvalue weighted by Crippen LogP contribution is -2.40. The van der Waals surface area contributed by atoms with Crippen molar-refractivity contribution in [3.63, 3.8) is 0 Å². The van der Waals surface area contributed by atoms with Crippen LogP contribution in [0, 0.1) is 5.92 Å². The Hall–Kier alpha value is -0.810. The summed E-state index contributed by atoms with van der Waals surface area (Å²) >= 11 is 0. The zero-order valence-electron chi connectivity index (χ0n) is 12.7. The van der Waals surface area contributed by atoms with E-state index in [9.17, 15) is 0 Å². The summed E-state index contributed by atoms with van der Waals surface area (Å²) in [5.74, 6) is 1.66. The van der Waals surface area contributed by atoms with Crippen molar-refractivity contribution in [1.82, 2.24) is 15.5 Å². The minimum Gasteiger partial charge on any atom is -0.382 e. The van der Waals surface area contributed by atoms with Gasteiger partial charge >= 0.3 is 0 Å². The molecule has 0 spiro atoms. The fourth-order valence-corrected chi connectivity index (χ4v) is 2.35. The number of hydrogen-bond acceptors (Lipinski definition) is 3. The highest BCUT2D eigenvalue weighted by Crippen LogP contribution is 2.14. The van der Waals surface area contributed by atoms with Gasteiger partial charge in [-0.2, -0.15) is 0 Å². The van der Waals surface area contributed by atoms with E-state index in [4.69, 9.17) is 4.74 Å². The van der Waals surface area contributed by atoms with E-state index in [1.165, 1.54) is 26.1 Å². The van der Waals surface area contributed by atoms with Gasteiger partial charge in [-0.25, -0.2) is 0 Å². The third-order valence-electron chi connectivity index (χ3n) is 3.56. The maximum absolute atomic E-state index is 5.31. The molecule has 1 fully saturated rings. The number of hydrogen-bond donors (Lipinski definition) is 2. The van der Waals surface area contributed by atoms with Gasteiger partial charge in [-0.3, -0.25) is 4.99 Å². The van der Waals surface area contributed by atoms with Crippen molar-refractivity contribution >= 4 is 5.96 Å². The quantitative estimate of drug-likeness (QED) is 0.391. The Morgan fingerprint density at radius 1 is 1.37 bits per heavy atom. The highest BCUT2D eigenvalue weighted by Gasteiger charge is 2.20. The van der Waals surface area contributed by atoms with E-state index < -0.39 is 0 Å². The van der Waals surface area contributed by atoms with Crippen molar-refractivity contribution in [2.45, 2.75) is 26.7 Å². The molecule has 0 aromatic heterocycles. The first kappa shape index (κ1) is 16.2. The van der Waals surface area contributed by atoms with Crippen LogP contribution in [0.25, 0.3) is 0 Å². The Morgan fingerprint density at radius 2 is 2.21 bits per heavy atom. The average Bonchev–Trinajstić information content (AvgIpc) is 2.90. The summed E-state index contributed by atoms with van der Waals surface area (Å²) < 4.78 is 5.31. The molecule has 0 radical (unpaired) electrons. The summed E-state index contributed by atoms with van der Waals surface area (Å²) in [7, 11) is 1.82. The lowest BCUT2D eigenvalue weighted by atomic mass is 10.1. The second-order valence-corrected chi connectivity index (χ2v) is 4.98. The van der Waals surface area contributed by atoms with Gasteiger partial charge in [0, 0.05) is 39.9 Å². The predicted octanol–water partition coefficient (Wildman–Crippen LogP) is 0.920. The number of ether oxygens (including phenoxy) is 1. The summed E-state index contributed by atoms with van der Waals surface area (Å²) in [6.45, 7) is 11.4. The van der Waals surface area contributed by atoms with Gasteiger partial charge in [0.05, 0.1) is 0 Å². The van der Waals surface area contributed by atoms with E-state index in [1.807, 2.05) is 14.0 Å². The van der Waals surface area contributed by atoms with E-state index in [-0.39, 0.29) is 0 Å². The third-order valence-corrected chi connectivity index (χ3v) is 3.56. The molecule has 0 saturated carbocycles. The van der Waals surface area contributed by atoms with Gasteiger partial charge in [-0.05, 0) is 38.8 Å². The zero-order chi connectivity index (χ0) is 13.9. The maximum Gasteiger partial charge on any atom is 0.190 e. The maximum atomic E-state index is 5.31. The number of guanidine groups is 1. The third kappa shape index (κ3) is 6.78. The number of likely N-dealkylation sites (tertiary alicyclic amines) is 1. The Kier molecular flexibility index (Phi) is 8.58. The number of aliphatic imine (C=N–C) groups is 1. The van der Waals surface area contributed by atoms with Gasteiger partial charge in [0.1, 0.15) is 0 Å². The van der Waals surface area contributed by atoms with Gasteiger partial charge in [0.25, 0.3) is 0 Å². The smallest absolute Gasteiger partial charge is 0.190 e. The molecule has 0 aliphatic carbocycles. The summed E-state index contributed by atoms with van der Waals surface area (Å²) in [5.41, 5.74) is 0. The number of rotatable bonds is 8. The number of nitrogens with zero attached hydrogens (tertiary/aromatic N) is 2. The highest BCUT2D eigenvalue weighted by molar-refractivity contribution is 5.79. The molecule has 1 aliphatic heterocycles. The Bertz CT molecular complexity index is 258. The van der Waals surface area contributed by atoms with Gasteiger partial charge < -0.3 is 20.3 Å². The minimum absolute atomic E-state index is 0.752. The van der Waals surface area contributed by atoms with Crippen LogP contribution in [0.2, 0.25) is 0 Å². The molecule has 2 N–H and O–H groups in total. The minimum atomic E-state index is 0.752. The van der Waals surface area contributed by atoms with Crippen LogP contribution in [-0.4, -0.2) is 63.8 Å². The first-order valence-corrected chi connectivity index (χ1v) is 7.54. The largest absolute Gasteiger partial charge is 0.382 e. The molecule has 1 aliphatic rings. The molecule has 0 bridgehead atoms. The SMILES string of the molecule is CCOCCCNC(=NC)NCC1CCN(CC)C1. The van der Waals surface area contributed by atoms with Crippen molar-refractivity contribution < 1.29 is 4.74 Å². The Morgan fingerprint density at radius 3 is 2.84 bits per heavy atom. The fourth-order valence-electron chi connectivity index (χ4n) is 2.35. The van der Waals surface area contributed by atoms with Gasteiger partial charge in [-0.1, -0.05) is 6.92 Å². The predicted molar refractivity (Wildman–Crippen MR) is 80.7 cm³/mol. The fraction of sp³-hybridized carbons (Fsp3) is 0.929.